The van der Waals surface area contributed by atoms with Crippen LogP contribution in [0.2, 0.25) is 0 Å². The smallest absolute Gasteiger partial charge is 0.271 e. The van der Waals surface area contributed by atoms with Crippen molar-refractivity contribution < 1.29 is 4.79 Å². The summed E-state index contributed by atoms with van der Waals surface area (Å²) < 4.78 is 0. The summed E-state index contributed by atoms with van der Waals surface area (Å²) >= 11 is 0. The van der Waals surface area contributed by atoms with E-state index >= 15 is 0 Å². The highest BCUT2D eigenvalue weighted by Crippen LogP contribution is 2.39. The minimum Gasteiger partial charge on any atom is -0.345 e. The number of nitrogens with one attached hydrogen (secondary N) is 2. The highest BCUT2D eigenvalue weighted by atomic mass is 16.2. The minimum atomic E-state index is -0.196. The van der Waals surface area contributed by atoms with Gasteiger partial charge in [-0.25, -0.2) is 15.8 Å². The molecule has 0 spiro atoms. The zero-order chi connectivity index (χ0) is 12.5. The average molecular weight is 235 g/mol. The predicted molar refractivity (Wildman–Crippen MR) is 64.1 cm³/mol. The second-order valence-electron chi connectivity index (χ2n) is 4.88. The number of nitrogen functional groups attached to an aromatic ring is 1. The first-order valence-electron chi connectivity index (χ1n) is 5.64. The molecule has 0 bridgehead atoms. The van der Waals surface area contributed by atoms with Crippen molar-refractivity contribution in [2.24, 2.45) is 11.8 Å². The maximum atomic E-state index is 11.9. The molecule has 2 rings (SSSR count). The second kappa shape index (κ2) is 4.29. The Kier molecular flexibility index (Phi) is 2.97. The second-order valence-corrected chi connectivity index (χ2v) is 4.88. The number of nitrogens with two attached hydrogens (primary N) is 1. The van der Waals surface area contributed by atoms with E-state index in [0.29, 0.717) is 17.4 Å². The van der Waals surface area contributed by atoms with Crippen LogP contribution < -0.4 is 16.6 Å². The summed E-state index contributed by atoms with van der Waals surface area (Å²) in [5, 5.41) is 2.98. The topological polar surface area (TPSA) is 92.9 Å². The van der Waals surface area contributed by atoms with Crippen LogP contribution in [0.4, 0.5) is 5.82 Å². The number of amides is 1. The van der Waals surface area contributed by atoms with Crippen LogP contribution in [-0.2, 0) is 0 Å². The first kappa shape index (κ1) is 11.8. The largest absolute Gasteiger partial charge is 0.345 e. The summed E-state index contributed by atoms with van der Waals surface area (Å²) in [4.78, 5) is 19.9. The molecular formula is C11H17N5O. The van der Waals surface area contributed by atoms with Crippen molar-refractivity contribution in [2.75, 3.05) is 5.43 Å². The number of carbonyl (C=O) groups is 1. The van der Waals surface area contributed by atoms with Crippen LogP contribution in [0.1, 0.15) is 37.2 Å². The van der Waals surface area contributed by atoms with Gasteiger partial charge in [-0.05, 0) is 32.6 Å². The quantitative estimate of drug-likeness (QED) is 0.527. The van der Waals surface area contributed by atoms with Crippen LogP contribution in [0.3, 0.4) is 0 Å². The van der Waals surface area contributed by atoms with Crippen molar-refractivity contribution in [1.29, 1.82) is 0 Å². The van der Waals surface area contributed by atoms with Gasteiger partial charge in [-0.3, -0.25) is 4.79 Å². The van der Waals surface area contributed by atoms with Gasteiger partial charge in [-0.15, -0.1) is 0 Å². The molecule has 1 aliphatic rings. The first-order valence-corrected chi connectivity index (χ1v) is 5.64. The Balaban J connectivity index is 2.03. The van der Waals surface area contributed by atoms with Gasteiger partial charge in [0, 0.05) is 5.54 Å². The number of hydrazine groups is 1. The van der Waals surface area contributed by atoms with E-state index in [1.807, 2.05) is 13.8 Å². The Labute approximate surface area is 100.0 Å². The monoisotopic (exact) mass is 235 g/mol. The molecule has 1 aromatic heterocycles. The molecule has 0 saturated heterocycles. The number of carbonyl (C=O) groups excluding carboxylic acids is 1. The summed E-state index contributed by atoms with van der Waals surface area (Å²) in [7, 11) is 0. The lowest BCUT2D eigenvalue weighted by Crippen LogP contribution is -2.45. The number of anilines is 1. The summed E-state index contributed by atoms with van der Waals surface area (Å²) in [5.74, 6) is 5.98. The molecule has 6 heteroatoms. The third kappa shape index (κ3) is 2.71. The molecule has 0 atom stereocenters. The molecule has 1 saturated carbocycles. The normalized spacial score (nSPS) is 15.5. The van der Waals surface area contributed by atoms with E-state index in [1.165, 1.54) is 25.2 Å². The third-order valence-corrected chi connectivity index (χ3v) is 3.07. The predicted octanol–water partition coefficient (Wildman–Crippen LogP) is 0.681. The van der Waals surface area contributed by atoms with E-state index in [1.54, 1.807) is 0 Å². The number of hydrogen-bond donors (Lipinski definition) is 3. The summed E-state index contributed by atoms with van der Waals surface area (Å²) in [6.45, 7) is 4.07. The lowest BCUT2D eigenvalue weighted by molar-refractivity contribution is 0.0898. The zero-order valence-corrected chi connectivity index (χ0v) is 10.0. The van der Waals surface area contributed by atoms with E-state index in [2.05, 4.69) is 20.7 Å². The number of aromatic nitrogens is 2. The molecule has 0 aliphatic heterocycles. The summed E-state index contributed by atoms with van der Waals surface area (Å²) in [6, 6.07) is 0. The molecule has 0 radical (unpaired) electrons. The molecule has 0 aromatic carbocycles. The number of hydrogen-bond acceptors (Lipinski definition) is 5. The Morgan fingerprint density at radius 1 is 1.41 bits per heavy atom. The maximum absolute atomic E-state index is 11.9. The van der Waals surface area contributed by atoms with Gasteiger partial charge in [0.15, 0.2) is 5.82 Å². The number of rotatable bonds is 4. The molecule has 1 aliphatic carbocycles. The molecule has 1 fully saturated rings. The fourth-order valence-corrected chi connectivity index (χ4v) is 1.78. The van der Waals surface area contributed by atoms with E-state index in [-0.39, 0.29) is 11.4 Å². The Morgan fingerprint density at radius 2 is 2.12 bits per heavy atom. The van der Waals surface area contributed by atoms with Crippen LogP contribution in [0.25, 0.3) is 0 Å². The molecule has 17 heavy (non-hydrogen) atoms. The highest BCUT2D eigenvalue weighted by Gasteiger charge is 2.39. The van der Waals surface area contributed by atoms with E-state index in [4.69, 9.17) is 5.84 Å². The van der Waals surface area contributed by atoms with Crippen molar-refractivity contribution in [3.8, 4) is 0 Å². The molecular weight excluding hydrogens is 218 g/mol. The molecule has 6 nitrogen and oxygen atoms in total. The fourth-order valence-electron chi connectivity index (χ4n) is 1.78. The Hall–Kier alpha value is -1.69. The summed E-state index contributed by atoms with van der Waals surface area (Å²) in [6.07, 6.45) is 5.19. The highest BCUT2D eigenvalue weighted by molar-refractivity contribution is 5.92. The van der Waals surface area contributed by atoms with Crippen molar-refractivity contribution in [2.45, 2.75) is 32.2 Å². The zero-order valence-electron chi connectivity index (χ0n) is 10.0. The van der Waals surface area contributed by atoms with Crippen molar-refractivity contribution in [3.63, 3.8) is 0 Å². The van der Waals surface area contributed by atoms with Crippen LogP contribution >= 0.6 is 0 Å². The summed E-state index contributed by atoms with van der Waals surface area (Å²) in [5.41, 5.74) is 2.49. The van der Waals surface area contributed by atoms with Gasteiger partial charge < -0.3 is 10.7 Å². The maximum Gasteiger partial charge on any atom is 0.271 e. The van der Waals surface area contributed by atoms with E-state index < -0.39 is 0 Å². The van der Waals surface area contributed by atoms with Gasteiger partial charge in [0.1, 0.15) is 5.69 Å². The van der Waals surface area contributed by atoms with Gasteiger partial charge in [-0.2, -0.15) is 0 Å². The third-order valence-electron chi connectivity index (χ3n) is 3.07. The van der Waals surface area contributed by atoms with Crippen LogP contribution in [0.15, 0.2) is 12.4 Å². The van der Waals surface area contributed by atoms with Gasteiger partial charge in [0.25, 0.3) is 5.91 Å². The first-order chi connectivity index (χ1) is 8.03. The number of nitrogens with zero attached hydrogens (tertiary/aromatic N) is 2. The minimum absolute atomic E-state index is 0.177. The van der Waals surface area contributed by atoms with Gasteiger partial charge in [-0.1, -0.05) is 0 Å². The fraction of sp³-hybridized carbons (Fsp3) is 0.545. The van der Waals surface area contributed by atoms with Gasteiger partial charge >= 0.3 is 0 Å². The van der Waals surface area contributed by atoms with Crippen molar-refractivity contribution in [1.82, 2.24) is 15.3 Å². The van der Waals surface area contributed by atoms with Crippen LogP contribution in [-0.4, -0.2) is 21.4 Å². The average Bonchev–Trinajstić information content (AvgIpc) is 3.12. The van der Waals surface area contributed by atoms with Crippen molar-refractivity contribution in [3.05, 3.63) is 18.1 Å². The molecule has 1 heterocycles. The standard InChI is InChI=1S/C11H17N5O/c1-11(2,7-3-4-7)15-10(17)8-5-14-9(16-12)6-13-8/h5-7H,3-4,12H2,1-2H3,(H,14,16)(H,15,17). The Morgan fingerprint density at radius 3 is 2.59 bits per heavy atom. The molecule has 1 amide bonds. The lowest BCUT2D eigenvalue weighted by Gasteiger charge is -2.25. The van der Waals surface area contributed by atoms with Gasteiger partial charge in [0.05, 0.1) is 12.4 Å². The van der Waals surface area contributed by atoms with E-state index in [0.717, 1.165) is 0 Å². The molecule has 92 valence electrons. The van der Waals surface area contributed by atoms with Crippen LogP contribution in [0.5, 0.6) is 0 Å². The van der Waals surface area contributed by atoms with Crippen molar-refractivity contribution >= 4 is 11.7 Å². The SMILES string of the molecule is CC(C)(NC(=O)c1cnc(NN)cn1)C1CC1. The Bertz CT molecular complexity index is 410. The van der Waals surface area contributed by atoms with Crippen LogP contribution in [0, 0.1) is 5.92 Å². The van der Waals surface area contributed by atoms with Gasteiger partial charge in [0.2, 0.25) is 0 Å². The lowest BCUT2D eigenvalue weighted by atomic mass is 9.98. The molecule has 0 unspecified atom stereocenters. The molecule has 1 aromatic rings. The van der Waals surface area contributed by atoms with E-state index in [9.17, 15) is 4.79 Å². The molecule has 4 N–H and O–H groups in total.